The van der Waals surface area contributed by atoms with Crippen molar-refractivity contribution in [3.8, 4) is 0 Å². The molecule has 0 atom stereocenters. The highest BCUT2D eigenvalue weighted by Gasteiger charge is 2.19. The zero-order chi connectivity index (χ0) is 18.6. The number of nitrogens with one attached hydrogen (secondary N) is 1. The van der Waals surface area contributed by atoms with Crippen molar-refractivity contribution in [2.24, 2.45) is 0 Å². The lowest BCUT2D eigenvalue weighted by Gasteiger charge is -2.18. The second kappa shape index (κ2) is 7.89. The van der Waals surface area contributed by atoms with Gasteiger partial charge < -0.3 is 4.90 Å². The standard InChI is InChI=1S/C18H21ClN2O3S/c1-4-21(5-2)18(22)14-9-11-15(12-10-14)20-25(23,24)17-8-6-7-16(19)13(17)3/h6-12,20H,4-5H2,1-3H3. The number of carbonyl (C=O) groups is 1. The van der Waals surface area contributed by atoms with Crippen LogP contribution in [0.15, 0.2) is 47.4 Å². The number of rotatable bonds is 6. The van der Waals surface area contributed by atoms with E-state index in [9.17, 15) is 13.2 Å². The lowest BCUT2D eigenvalue weighted by Crippen LogP contribution is -2.30. The molecular weight excluding hydrogens is 360 g/mol. The van der Waals surface area contributed by atoms with Crippen LogP contribution in [0.4, 0.5) is 5.69 Å². The van der Waals surface area contributed by atoms with Crippen molar-refractivity contribution in [2.45, 2.75) is 25.7 Å². The van der Waals surface area contributed by atoms with Gasteiger partial charge in [0.05, 0.1) is 4.90 Å². The number of halogens is 1. The van der Waals surface area contributed by atoms with Crippen LogP contribution in [-0.2, 0) is 10.0 Å². The maximum Gasteiger partial charge on any atom is 0.262 e. The number of sulfonamides is 1. The van der Waals surface area contributed by atoms with E-state index >= 15 is 0 Å². The molecule has 0 spiro atoms. The number of carbonyl (C=O) groups excluding carboxylic acids is 1. The van der Waals surface area contributed by atoms with Gasteiger partial charge in [-0.2, -0.15) is 0 Å². The van der Waals surface area contributed by atoms with Gasteiger partial charge in [-0.05, 0) is 62.7 Å². The lowest BCUT2D eigenvalue weighted by atomic mass is 10.2. The van der Waals surface area contributed by atoms with Crippen molar-refractivity contribution in [1.29, 1.82) is 0 Å². The minimum Gasteiger partial charge on any atom is -0.339 e. The van der Waals surface area contributed by atoms with Gasteiger partial charge in [0.1, 0.15) is 0 Å². The van der Waals surface area contributed by atoms with Gasteiger partial charge in [0, 0.05) is 29.4 Å². The van der Waals surface area contributed by atoms with Crippen LogP contribution in [0.3, 0.4) is 0 Å². The molecule has 0 bridgehead atoms. The van der Waals surface area contributed by atoms with Crippen LogP contribution in [-0.4, -0.2) is 32.3 Å². The molecule has 0 saturated heterocycles. The minimum atomic E-state index is -3.76. The molecule has 0 aliphatic rings. The molecule has 0 fully saturated rings. The smallest absolute Gasteiger partial charge is 0.262 e. The summed E-state index contributed by atoms with van der Waals surface area (Å²) in [6, 6.07) is 11.1. The van der Waals surface area contributed by atoms with Crippen LogP contribution < -0.4 is 4.72 Å². The summed E-state index contributed by atoms with van der Waals surface area (Å²) in [6.07, 6.45) is 0. The molecule has 2 aromatic carbocycles. The number of hydrogen-bond donors (Lipinski definition) is 1. The average Bonchev–Trinajstić information content (AvgIpc) is 2.58. The summed E-state index contributed by atoms with van der Waals surface area (Å²) in [4.78, 5) is 14.1. The topological polar surface area (TPSA) is 66.5 Å². The molecule has 5 nitrogen and oxygen atoms in total. The predicted octanol–water partition coefficient (Wildman–Crippen LogP) is 3.93. The van der Waals surface area contributed by atoms with E-state index in [1.165, 1.54) is 6.07 Å². The van der Waals surface area contributed by atoms with E-state index < -0.39 is 10.0 Å². The number of hydrogen-bond acceptors (Lipinski definition) is 3. The third-order valence-electron chi connectivity index (χ3n) is 3.94. The van der Waals surface area contributed by atoms with E-state index in [2.05, 4.69) is 4.72 Å². The van der Waals surface area contributed by atoms with Crippen LogP contribution in [0.5, 0.6) is 0 Å². The van der Waals surface area contributed by atoms with E-state index in [-0.39, 0.29) is 10.8 Å². The highest BCUT2D eigenvalue weighted by atomic mass is 35.5. The third-order valence-corrected chi connectivity index (χ3v) is 5.88. The van der Waals surface area contributed by atoms with Crippen molar-refractivity contribution in [1.82, 2.24) is 4.90 Å². The molecule has 0 aliphatic heterocycles. The molecule has 2 rings (SSSR count). The SMILES string of the molecule is CCN(CC)C(=O)c1ccc(NS(=O)(=O)c2cccc(Cl)c2C)cc1. The number of amides is 1. The third kappa shape index (κ3) is 4.32. The lowest BCUT2D eigenvalue weighted by molar-refractivity contribution is 0.0773. The summed E-state index contributed by atoms with van der Waals surface area (Å²) in [6.45, 7) is 6.73. The molecular formula is C18H21ClN2O3S. The first kappa shape index (κ1) is 19.3. The van der Waals surface area contributed by atoms with E-state index in [1.807, 2.05) is 13.8 Å². The van der Waals surface area contributed by atoms with Crippen molar-refractivity contribution in [2.75, 3.05) is 17.8 Å². The molecule has 7 heteroatoms. The van der Waals surface area contributed by atoms with Crippen LogP contribution in [0, 0.1) is 6.92 Å². The Morgan fingerprint density at radius 2 is 1.68 bits per heavy atom. The van der Waals surface area contributed by atoms with Gasteiger partial charge >= 0.3 is 0 Å². The molecule has 0 saturated carbocycles. The first-order valence-electron chi connectivity index (χ1n) is 7.97. The van der Waals surface area contributed by atoms with E-state index in [4.69, 9.17) is 11.6 Å². The summed E-state index contributed by atoms with van der Waals surface area (Å²) in [5.41, 5.74) is 1.39. The van der Waals surface area contributed by atoms with Crippen LogP contribution in [0.1, 0.15) is 29.8 Å². The molecule has 0 heterocycles. The van der Waals surface area contributed by atoms with E-state index in [1.54, 1.807) is 48.2 Å². The van der Waals surface area contributed by atoms with Gasteiger partial charge in [-0.25, -0.2) is 8.42 Å². The quantitative estimate of drug-likeness (QED) is 0.825. The molecule has 1 amide bonds. The fourth-order valence-electron chi connectivity index (χ4n) is 2.46. The van der Waals surface area contributed by atoms with Gasteiger partial charge in [0.15, 0.2) is 0 Å². The predicted molar refractivity (Wildman–Crippen MR) is 101 cm³/mol. The highest BCUT2D eigenvalue weighted by molar-refractivity contribution is 7.92. The monoisotopic (exact) mass is 380 g/mol. The second-order valence-electron chi connectivity index (χ2n) is 5.52. The summed E-state index contributed by atoms with van der Waals surface area (Å²) < 4.78 is 27.6. The summed E-state index contributed by atoms with van der Waals surface area (Å²) in [5, 5.41) is 0.392. The van der Waals surface area contributed by atoms with Gasteiger partial charge in [0.2, 0.25) is 0 Å². The molecule has 0 aliphatic carbocycles. The molecule has 0 unspecified atom stereocenters. The first-order chi connectivity index (χ1) is 11.8. The highest BCUT2D eigenvalue weighted by Crippen LogP contribution is 2.25. The van der Waals surface area contributed by atoms with Gasteiger partial charge in [-0.15, -0.1) is 0 Å². The Labute approximate surface area is 153 Å². The summed E-state index contributed by atoms with van der Waals surface area (Å²) in [5.74, 6) is -0.0786. The van der Waals surface area contributed by atoms with Crippen LogP contribution in [0.25, 0.3) is 0 Å². The molecule has 0 radical (unpaired) electrons. The summed E-state index contributed by atoms with van der Waals surface area (Å²) in [7, 11) is -3.76. The fraction of sp³-hybridized carbons (Fsp3) is 0.278. The Kier molecular flexibility index (Phi) is 6.08. The molecule has 134 valence electrons. The van der Waals surface area contributed by atoms with Crippen molar-refractivity contribution in [3.63, 3.8) is 0 Å². The Morgan fingerprint density at radius 1 is 1.08 bits per heavy atom. The zero-order valence-corrected chi connectivity index (χ0v) is 16.0. The number of benzene rings is 2. The average molecular weight is 381 g/mol. The Bertz CT molecular complexity index is 860. The largest absolute Gasteiger partial charge is 0.339 e. The first-order valence-corrected chi connectivity index (χ1v) is 9.83. The van der Waals surface area contributed by atoms with Crippen molar-refractivity contribution < 1.29 is 13.2 Å². The minimum absolute atomic E-state index is 0.0786. The molecule has 25 heavy (non-hydrogen) atoms. The zero-order valence-electron chi connectivity index (χ0n) is 14.4. The van der Waals surface area contributed by atoms with Gasteiger partial charge in [-0.1, -0.05) is 17.7 Å². The maximum absolute atomic E-state index is 12.5. The Balaban J connectivity index is 2.23. The normalized spacial score (nSPS) is 11.2. The van der Waals surface area contributed by atoms with Crippen molar-refractivity contribution in [3.05, 3.63) is 58.6 Å². The molecule has 1 N–H and O–H groups in total. The number of nitrogens with zero attached hydrogens (tertiary/aromatic N) is 1. The second-order valence-corrected chi connectivity index (χ2v) is 7.58. The van der Waals surface area contributed by atoms with Crippen LogP contribution in [0.2, 0.25) is 5.02 Å². The van der Waals surface area contributed by atoms with Crippen LogP contribution >= 0.6 is 11.6 Å². The molecule has 2 aromatic rings. The fourth-order valence-corrected chi connectivity index (χ4v) is 4.02. The maximum atomic E-state index is 12.5. The van der Waals surface area contributed by atoms with Gasteiger partial charge in [0.25, 0.3) is 15.9 Å². The van der Waals surface area contributed by atoms with Crippen molar-refractivity contribution >= 4 is 33.2 Å². The molecule has 0 aromatic heterocycles. The van der Waals surface area contributed by atoms with Gasteiger partial charge in [-0.3, -0.25) is 9.52 Å². The number of anilines is 1. The summed E-state index contributed by atoms with van der Waals surface area (Å²) >= 11 is 6.00. The Morgan fingerprint density at radius 3 is 2.24 bits per heavy atom. The van der Waals surface area contributed by atoms with E-state index in [0.717, 1.165) is 0 Å². The Hall–Kier alpha value is -2.05. The van der Waals surface area contributed by atoms with E-state index in [0.29, 0.717) is 34.9 Å².